The molecule has 1 atom stereocenters. The average molecular weight is 248 g/mol. The summed E-state index contributed by atoms with van der Waals surface area (Å²) in [6, 6.07) is 9.84. The monoisotopic (exact) mass is 248 g/mol. The van der Waals surface area contributed by atoms with Crippen molar-refractivity contribution in [3.63, 3.8) is 0 Å². The Morgan fingerprint density at radius 3 is 2.50 bits per heavy atom. The molecule has 1 aliphatic heterocycles. The summed E-state index contributed by atoms with van der Waals surface area (Å²) in [6.45, 7) is 5.12. The third-order valence-corrected chi connectivity index (χ3v) is 3.67. The van der Waals surface area contributed by atoms with Gasteiger partial charge in [0, 0.05) is 32.6 Å². The van der Waals surface area contributed by atoms with Crippen molar-refractivity contribution in [2.24, 2.45) is 0 Å². The number of rotatable bonds is 4. The van der Waals surface area contributed by atoms with E-state index in [0.717, 1.165) is 31.7 Å². The fourth-order valence-electron chi connectivity index (χ4n) is 2.47. The first-order valence-corrected chi connectivity index (χ1v) is 6.36. The molecule has 1 aliphatic rings. The van der Waals surface area contributed by atoms with Crippen molar-refractivity contribution in [1.29, 1.82) is 0 Å². The predicted molar refractivity (Wildman–Crippen MR) is 70.6 cm³/mol. The first-order chi connectivity index (χ1) is 8.63. The lowest BCUT2D eigenvalue weighted by Crippen LogP contribution is -2.59. The van der Waals surface area contributed by atoms with E-state index in [2.05, 4.69) is 10.2 Å². The normalized spacial score (nSPS) is 20.3. The zero-order chi connectivity index (χ0) is 13.0. The molecule has 1 aromatic carbocycles. The summed E-state index contributed by atoms with van der Waals surface area (Å²) >= 11 is 0. The molecule has 0 aromatic heterocycles. The van der Waals surface area contributed by atoms with Gasteiger partial charge in [0.2, 0.25) is 0 Å². The number of carbonyl (C=O) groups is 1. The molecule has 0 radical (unpaired) electrons. The minimum Gasteiger partial charge on any atom is -0.480 e. The van der Waals surface area contributed by atoms with Crippen molar-refractivity contribution < 1.29 is 9.90 Å². The van der Waals surface area contributed by atoms with Gasteiger partial charge in [-0.25, -0.2) is 0 Å². The summed E-state index contributed by atoms with van der Waals surface area (Å²) in [7, 11) is 0. The van der Waals surface area contributed by atoms with Crippen molar-refractivity contribution in [3.8, 4) is 0 Å². The third kappa shape index (κ3) is 2.71. The molecule has 0 bridgehead atoms. The maximum atomic E-state index is 11.7. The second-order valence-electron chi connectivity index (χ2n) is 4.98. The molecule has 2 N–H and O–H groups in total. The lowest BCUT2D eigenvalue weighted by molar-refractivity contribution is -0.151. The predicted octanol–water partition coefficient (Wildman–Crippen LogP) is 0.978. The third-order valence-electron chi connectivity index (χ3n) is 3.67. The highest BCUT2D eigenvalue weighted by atomic mass is 16.4. The topological polar surface area (TPSA) is 52.6 Å². The van der Waals surface area contributed by atoms with Gasteiger partial charge in [-0.15, -0.1) is 0 Å². The largest absolute Gasteiger partial charge is 0.480 e. The number of nitrogens with one attached hydrogen (secondary N) is 1. The zero-order valence-electron chi connectivity index (χ0n) is 10.7. The summed E-state index contributed by atoms with van der Waals surface area (Å²) in [6.07, 6.45) is 0.545. The average Bonchev–Trinajstić information content (AvgIpc) is 2.40. The molecule has 0 spiro atoms. The van der Waals surface area contributed by atoms with Crippen LogP contribution in [0, 0.1) is 0 Å². The maximum absolute atomic E-state index is 11.7. The Labute approximate surface area is 108 Å². The molecule has 0 saturated carbocycles. The Kier molecular flexibility index (Phi) is 3.99. The Morgan fingerprint density at radius 1 is 1.33 bits per heavy atom. The second-order valence-corrected chi connectivity index (χ2v) is 4.98. The highest BCUT2D eigenvalue weighted by Gasteiger charge is 2.39. The van der Waals surface area contributed by atoms with Crippen LogP contribution >= 0.6 is 0 Å². The van der Waals surface area contributed by atoms with Gasteiger partial charge in [-0.1, -0.05) is 30.3 Å². The first kappa shape index (κ1) is 13.1. The van der Waals surface area contributed by atoms with Crippen LogP contribution in [0.3, 0.4) is 0 Å². The van der Waals surface area contributed by atoms with E-state index in [9.17, 15) is 9.90 Å². The fourth-order valence-corrected chi connectivity index (χ4v) is 2.47. The van der Waals surface area contributed by atoms with E-state index in [1.165, 1.54) is 0 Å². The van der Waals surface area contributed by atoms with Crippen molar-refractivity contribution in [3.05, 3.63) is 35.9 Å². The number of carboxylic acids is 1. The first-order valence-electron chi connectivity index (χ1n) is 6.36. The quantitative estimate of drug-likeness (QED) is 0.834. The van der Waals surface area contributed by atoms with Crippen molar-refractivity contribution in [2.45, 2.75) is 18.9 Å². The van der Waals surface area contributed by atoms with Gasteiger partial charge in [-0.2, -0.15) is 0 Å². The highest BCUT2D eigenvalue weighted by molar-refractivity contribution is 5.78. The minimum absolute atomic E-state index is 0.545. The smallest absolute Gasteiger partial charge is 0.324 e. The van der Waals surface area contributed by atoms with Crippen LogP contribution in [-0.2, 0) is 11.2 Å². The number of hydrogen-bond acceptors (Lipinski definition) is 3. The van der Waals surface area contributed by atoms with Gasteiger partial charge < -0.3 is 10.4 Å². The molecule has 1 fully saturated rings. The van der Waals surface area contributed by atoms with Crippen LogP contribution in [0.15, 0.2) is 30.3 Å². The Hall–Kier alpha value is -1.39. The molecule has 4 nitrogen and oxygen atoms in total. The van der Waals surface area contributed by atoms with Crippen LogP contribution in [0.5, 0.6) is 0 Å². The molecular formula is C14H20N2O2. The number of nitrogens with zero attached hydrogens (tertiary/aromatic N) is 1. The SMILES string of the molecule is CC(Cc1ccccc1)(C(=O)O)N1CCNCC1. The van der Waals surface area contributed by atoms with E-state index in [1.54, 1.807) is 0 Å². The molecule has 0 aliphatic carbocycles. The van der Waals surface area contributed by atoms with Gasteiger partial charge in [-0.3, -0.25) is 9.69 Å². The van der Waals surface area contributed by atoms with Gasteiger partial charge >= 0.3 is 5.97 Å². The fraction of sp³-hybridized carbons (Fsp3) is 0.500. The van der Waals surface area contributed by atoms with Crippen molar-refractivity contribution in [1.82, 2.24) is 10.2 Å². The number of piperazine rings is 1. The summed E-state index contributed by atoms with van der Waals surface area (Å²) in [5.41, 5.74) is 0.254. The van der Waals surface area contributed by atoms with E-state index in [-0.39, 0.29) is 0 Å². The molecule has 1 heterocycles. The summed E-state index contributed by atoms with van der Waals surface area (Å²) in [4.78, 5) is 13.7. The molecule has 98 valence electrons. The minimum atomic E-state index is -0.816. The van der Waals surface area contributed by atoms with E-state index < -0.39 is 11.5 Å². The van der Waals surface area contributed by atoms with E-state index in [0.29, 0.717) is 6.42 Å². The van der Waals surface area contributed by atoms with Gasteiger partial charge in [0.25, 0.3) is 0 Å². The lowest BCUT2D eigenvalue weighted by Gasteiger charge is -2.40. The van der Waals surface area contributed by atoms with Crippen LogP contribution in [0.2, 0.25) is 0 Å². The van der Waals surface area contributed by atoms with Crippen LogP contribution in [0.25, 0.3) is 0 Å². The van der Waals surface area contributed by atoms with Gasteiger partial charge in [0.15, 0.2) is 0 Å². The van der Waals surface area contributed by atoms with Crippen LogP contribution in [-0.4, -0.2) is 47.7 Å². The zero-order valence-corrected chi connectivity index (χ0v) is 10.7. The number of benzene rings is 1. The Balaban J connectivity index is 2.18. The molecule has 1 aromatic rings. The molecule has 18 heavy (non-hydrogen) atoms. The molecule has 0 amide bonds. The van der Waals surface area contributed by atoms with Gasteiger partial charge in [0.1, 0.15) is 5.54 Å². The van der Waals surface area contributed by atoms with E-state index >= 15 is 0 Å². The van der Waals surface area contributed by atoms with Gasteiger partial charge in [-0.05, 0) is 12.5 Å². The summed E-state index contributed by atoms with van der Waals surface area (Å²) < 4.78 is 0. The van der Waals surface area contributed by atoms with Crippen molar-refractivity contribution in [2.75, 3.05) is 26.2 Å². The van der Waals surface area contributed by atoms with E-state index in [1.807, 2.05) is 37.3 Å². The van der Waals surface area contributed by atoms with Crippen LogP contribution < -0.4 is 5.32 Å². The molecule has 4 heteroatoms. The van der Waals surface area contributed by atoms with Crippen LogP contribution in [0.4, 0.5) is 0 Å². The summed E-state index contributed by atoms with van der Waals surface area (Å²) in [5, 5.41) is 12.8. The molecule has 2 rings (SSSR count). The number of aliphatic carboxylic acids is 1. The maximum Gasteiger partial charge on any atom is 0.324 e. The standard InChI is InChI=1S/C14H20N2O2/c1-14(13(17)18,16-9-7-15-8-10-16)11-12-5-3-2-4-6-12/h2-6,15H,7-11H2,1H3,(H,17,18). The number of carboxylic acid groups (broad SMARTS) is 1. The Bertz CT molecular complexity index is 402. The van der Waals surface area contributed by atoms with Crippen molar-refractivity contribution >= 4 is 5.97 Å². The second kappa shape index (κ2) is 5.50. The van der Waals surface area contributed by atoms with Crippen LogP contribution in [0.1, 0.15) is 12.5 Å². The summed E-state index contributed by atoms with van der Waals surface area (Å²) in [5.74, 6) is -0.742. The van der Waals surface area contributed by atoms with Gasteiger partial charge in [0.05, 0.1) is 0 Å². The highest BCUT2D eigenvalue weighted by Crippen LogP contribution is 2.22. The molecular weight excluding hydrogens is 228 g/mol. The van der Waals surface area contributed by atoms with E-state index in [4.69, 9.17) is 0 Å². The number of hydrogen-bond donors (Lipinski definition) is 2. The molecule has 1 unspecified atom stereocenters. The lowest BCUT2D eigenvalue weighted by atomic mass is 9.90. The molecule has 1 saturated heterocycles. The Morgan fingerprint density at radius 2 is 1.94 bits per heavy atom.